The Kier molecular flexibility index (Phi) is 3.02. The van der Waals surface area contributed by atoms with Gasteiger partial charge in [0.1, 0.15) is 12.2 Å². The van der Waals surface area contributed by atoms with Gasteiger partial charge in [-0.3, -0.25) is 4.79 Å². The van der Waals surface area contributed by atoms with E-state index in [1.807, 2.05) is 20.8 Å². The summed E-state index contributed by atoms with van der Waals surface area (Å²) in [4.78, 5) is 22.4. The van der Waals surface area contributed by atoms with E-state index in [0.29, 0.717) is 19.4 Å². The minimum atomic E-state index is -0.579. The summed E-state index contributed by atoms with van der Waals surface area (Å²) in [7, 11) is 0. The number of rotatable bonds is 2. The fraction of sp³-hybridized carbons (Fsp3) is 0.833. The fourth-order valence-corrected chi connectivity index (χ4v) is 2.13. The summed E-state index contributed by atoms with van der Waals surface area (Å²) < 4.78 is 15.2. The van der Waals surface area contributed by atoms with Crippen LogP contribution < -0.4 is 0 Å². The van der Waals surface area contributed by atoms with Crippen molar-refractivity contribution in [1.82, 2.24) is 0 Å². The summed E-state index contributed by atoms with van der Waals surface area (Å²) in [5.41, 5.74) is -0.475. The molecule has 5 nitrogen and oxygen atoms in total. The van der Waals surface area contributed by atoms with Gasteiger partial charge in [-0.15, -0.1) is 0 Å². The second-order valence-corrected chi connectivity index (χ2v) is 5.75. The lowest BCUT2D eigenvalue weighted by molar-refractivity contribution is -0.154. The van der Waals surface area contributed by atoms with Gasteiger partial charge in [0.2, 0.25) is 0 Å². The average Bonchev–Trinajstić information content (AvgIpc) is 2.68. The van der Waals surface area contributed by atoms with Crippen molar-refractivity contribution in [1.29, 1.82) is 0 Å². The van der Waals surface area contributed by atoms with Gasteiger partial charge in [-0.05, 0) is 33.6 Å². The lowest BCUT2D eigenvalue weighted by Crippen LogP contribution is -2.25. The molecular formula is C12H18O5. The van der Waals surface area contributed by atoms with Crippen molar-refractivity contribution in [2.45, 2.75) is 45.8 Å². The Balaban J connectivity index is 1.76. The van der Waals surface area contributed by atoms with Crippen LogP contribution in [-0.2, 0) is 19.0 Å². The molecule has 0 N–H and O–H groups in total. The first-order chi connectivity index (χ1) is 7.86. The maximum absolute atomic E-state index is 11.6. The maximum Gasteiger partial charge on any atom is 0.509 e. The molecule has 1 aliphatic carbocycles. The molecule has 0 bridgehead atoms. The molecule has 1 saturated heterocycles. The van der Waals surface area contributed by atoms with Gasteiger partial charge >= 0.3 is 12.1 Å². The summed E-state index contributed by atoms with van der Waals surface area (Å²) in [6, 6.07) is 0. The van der Waals surface area contributed by atoms with Crippen LogP contribution in [0.15, 0.2) is 0 Å². The summed E-state index contributed by atoms with van der Waals surface area (Å²) in [5, 5.41) is 0. The van der Waals surface area contributed by atoms with Gasteiger partial charge in [-0.1, -0.05) is 0 Å². The maximum atomic E-state index is 11.6. The Morgan fingerprint density at radius 2 is 1.82 bits per heavy atom. The Hall–Kier alpha value is -1.26. The molecule has 1 heterocycles. The van der Waals surface area contributed by atoms with Gasteiger partial charge < -0.3 is 14.2 Å². The molecule has 0 aromatic heterocycles. The van der Waals surface area contributed by atoms with Gasteiger partial charge in [0, 0.05) is 5.92 Å². The number of ether oxygens (including phenoxy) is 3. The van der Waals surface area contributed by atoms with Gasteiger partial charge in [0.25, 0.3) is 0 Å². The first-order valence-corrected chi connectivity index (χ1v) is 5.91. The number of carbonyl (C=O) groups excluding carboxylic acids is 2. The van der Waals surface area contributed by atoms with Crippen molar-refractivity contribution in [3.8, 4) is 0 Å². The van der Waals surface area contributed by atoms with E-state index in [1.54, 1.807) is 0 Å². The molecule has 1 saturated carbocycles. The molecule has 2 aliphatic rings. The zero-order chi connectivity index (χ0) is 12.6. The predicted molar refractivity (Wildman–Crippen MR) is 58.3 cm³/mol. The highest BCUT2D eigenvalue weighted by Gasteiger charge is 2.45. The first-order valence-electron chi connectivity index (χ1n) is 5.91. The molecule has 2 fully saturated rings. The van der Waals surface area contributed by atoms with Crippen LogP contribution in [0.5, 0.6) is 0 Å². The summed E-state index contributed by atoms with van der Waals surface area (Å²) in [5.74, 6) is 0.0249. The number of carbonyl (C=O) groups is 2. The normalized spacial score (nSPS) is 31.7. The highest BCUT2D eigenvalue weighted by atomic mass is 16.8. The van der Waals surface area contributed by atoms with Crippen molar-refractivity contribution in [3.63, 3.8) is 0 Å². The van der Waals surface area contributed by atoms with E-state index in [1.165, 1.54) is 0 Å². The van der Waals surface area contributed by atoms with Gasteiger partial charge in [-0.2, -0.15) is 0 Å². The van der Waals surface area contributed by atoms with Crippen molar-refractivity contribution < 1.29 is 23.8 Å². The fourth-order valence-electron chi connectivity index (χ4n) is 2.13. The molecule has 5 heteroatoms. The summed E-state index contributed by atoms with van der Waals surface area (Å²) in [6.07, 6.45) is 0.550. The molecule has 17 heavy (non-hydrogen) atoms. The predicted octanol–water partition coefficient (Wildman–Crippen LogP) is 1.89. The summed E-state index contributed by atoms with van der Waals surface area (Å²) in [6.45, 7) is 5.85. The number of esters is 1. The first kappa shape index (κ1) is 12.2. The van der Waals surface area contributed by atoms with E-state index in [0.717, 1.165) is 0 Å². The van der Waals surface area contributed by atoms with E-state index in [4.69, 9.17) is 14.2 Å². The highest BCUT2D eigenvalue weighted by molar-refractivity contribution is 5.75. The van der Waals surface area contributed by atoms with Crippen LogP contribution in [0.4, 0.5) is 4.79 Å². The number of fused-ring (bicyclic) bond motifs is 1. The quantitative estimate of drug-likeness (QED) is 0.692. The van der Waals surface area contributed by atoms with Crippen LogP contribution in [0, 0.1) is 11.3 Å². The van der Waals surface area contributed by atoms with E-state index >= 15 is 0 Å². The van der Waals surface area contributed by atoms with Crippen LogP contribution in [0.3, 0.4) is 0 Å². The zero-order valence-corrected chi connectivity index (χ0v) is 10.4. The third-order valence-electron chi connectivity index (χ3n) is 3.10. The molecule has 2 atom stereocenters. The highest BCUT2D eigenvalue weighted by Crippen LogP contribution is 2.35. The molecular weight excluding hydrogens is 224 g/mol. The zero-order valence-electron chi connectivity index (χ0n) is 10.4. The molecule has 0 aromatic rings. The molecule has 0 aromatic carbocycles. The minimum Gasteiger partial charge on any atom is -0.465 e. The third-order valence-corrected chi connectivity index (χ3v) is 3.10. The summed E-state index contributed by atoms with van der Waals surface area (Å²) >= 11 is 0. The number of hydrogen-bond donors (Lipinski definition) is 0. The molecule has 0 amide bonds. The number of hydrogen-bond acceptors (Lipinski definition) is 5. The monoisotopic (exact) mass is 242 g/mol. The molecule has 1 aliphatic heterocycles. The Labute approximate surface area is 100 Å². The lowest BCUT2D eigenvalue weighted by Gasteiger charge is -2.18. The molecule has 0 spiro atoms. The van der Waals surface area contributed by atoms with E-state index < -0.39 is 11.6 Å². The molecule has 2 rings (SSSR count). The third kappa shape index (κ3) is 2.70. The van der Waals surface area contributed by atoms with Crippen LogP contribution in [0.25, 0.3) is 0 Å². The minimum absolute atomic E-state index is 0.152. The average molecular weight is 242 g/mol. The molecule has 2 unspecified atom stereocenters. The SMILES string of the molecule is CC(C)(C)C(=O)OCC1CC2OC(=O)OC2C1. The molecule has 96 valence electrons. The van der Waals surface area contributed by atoms with Gasteiger partial charge in [0.15, 0.2) is 0 Å². The van der Waals surface area contributed by atoms with E-state index in [9.17, 15) is 9.59 Å². The van der Waals surface area contributed by atoms with Crippen LogP contribution in [0.1, 0.15) is 33.6 Å². The largest absolute Gasteiger partial charge is 0.509 e. The second kappa shape index (κ2) is 4.20. The van der Waals surface area contributed by atoms with Crippen LogP contribution in [-0.4, -0.2) is 30.9 Å². The van der Waals surface area contributed by atoms with Crippen LogP contribution >= 0.6 is 0 Å². The lowest BCUT2D eigenvalue weighted by atomic mass is 9.97. The van der Waals surface area contributed by atoms with Crippen molar-refractivity contribution in [2.75, 3.05) is 6.61 Å². The Morgan fingerprint density at radius 1 is 1.29 bits per heavy atom. The smallest absolute Gasteiger partial charge is 0.465 e. The Morgan fingerprint density at radius 3 is 2.29 bits per heavy atom. The molecule has 0 radical (unpaired) electrons. The van der Waals surface area contributed by atoms with Crippen LogP contribution in [0.2, 0.25) is 0 Å². The second-order valence-electron chi connectivity index (χ2n) is 5.75. The Bertz CT molecular complexity index is 314. The topological polar surface area (TPSA) is 61.8 Å². The standard InChI is InChI=1S/C12H18O5/c1-12(2,3)10(13)15-6-7-4-8-9(5-7)17-11(14)16-8/h7-9H,4-6H2,1-3H3. The van der Waals surface area contributed by atoms with Gasteiger partial charge in [0.05, 0.1) is 12.0 Å². The van der Waals surface area contributed by atoms with E-state index in [-0.39, 0.29) is 24.1 Å². The van der Waals surface area contributed by atoms with Crippen molar-refractivity contribution >= 4 is 12.1 Å². The van der Waals surface area contributed by atoms with Crippen molar-refractivity contribution in [2.24, 2.45) is 11.3 Å². The van der Waals surface area contributed by atoms with Gasteiger partial charge in [-0.25, -0.2) is 4.79 Å². The van der Waals surface area contributed by atoms with Crippen molar-refractivity contribution in [3.05, 3.63) is 0 Å². The van der Waals surface area contributed by atoms with E-state index in [2.05, 4.69) is 0 Å².